The SMILES string of the molecule is [N-]=[N+]=NC([O])=O. The molecule has 0 rings (SSSR count). The van der Waals surface area contributed by atoms with E-state index in [9.17, 15) is 0 Å². The highest BCUT2D eigenvalue weighted by molar-refractivity contribution is 5.64. The number of hydrogen-bond acceptors (Lipinski definition) is 1. The van der Waals surface area contributed by atoms with Gasteiger partial charge in [0, 0.05) is 10.0 Å². The second kappa shape index (κ2) is 2.04. The van der Waals surface area contributed by atoms with Crippen molar-refractivity contribution in [3.05, 3.63) is 10.4 Å². The fraction of sp³-hybridized carbons (Fsp3) is 0. The molecule has 31 valence electrons. The Morgan fingerprint density at radius 2 is 2.33 bits per heavy atom. The van der Waals surface area contributed by atoms with E-state index in [2.05, 4.69) is 5.11 Å². The first-order valence-electron chi connectivity index (χ1n) is 1.03. The summed E-state index contributed by atoms with van der Waals surface area (Å²) in [5.74, 6) is 0. The van der Waals surface area contributed by atoms with Gasteiger partial charge in [0.05, 0.1) is 0 Å². The van der Waals surface area contributed by atoms with Gasteiger partial charge in [0.25, 0.3) is 0 Å². The lowest BCUT2D eigenvalue weighted by Gasteiger charge is -1.55. The van der Waals surface area contributed by atoms with E-state index in [4.69, 9.17) is 15.4 Å². The van der Waals surface area contributed by atoms with Crippen molar-refractivity contribution in [3.8, 4) is 0 Å². The summed E-state index contributed by atoms with van der Waals surface area (Å²) in [6, 6.07) is 0. The molecule has 0 spiro atoms. The predicted molar refractivity (Wildman–Crippen MR) is 15.2 cm³/mol. The minimum atomic E-state index is -1.75. The van der Waals surface area contributed by atoms with Crippen LogP contribution in [0.4, 0.5) is 4.79 Å². The summed E-state index contributed by atoms with van der Waals surface area (Å²) in [5.41, 5.74) is 7.27. The van der Waals surface area contributed by atoms with Crippen molar-refractivity contribution in [2.24, 2.45) is 5.11 Å². The normalized spacial score (nSPS) is 6.00. The number of rotatable bonds is 0. The molecule has 0 saturated carbocycles. The smallest absolute Gasteiger partial charge is 0.240 e. The molecule has 0 heterocycles. The van der Waals surface area contributed by atoms with Gasteiger partial charge in [-0.25, -0.2) is 9.90 Å². The number of carbonyl (C=O) groups excluding carboxylic acids is 1. The molecule has 5 nitrogen and oxygen atoms in total. The largest absolute Gasteiger partial charge is 0.444 e. The summed E-state index contributed by atoms with van der Waals surface area (Å²) >= 11 is 0. The third-order valence-corrected chi connectivity index (χ3v) is 0.126. The Hall–Kier alpha value is -1.22. The molecule has 0 aromatic rings. The molecule has 0 N–H and O–H groups in total. The highest BCUT2D eigenvalue weighted by Crippen LogP contribution is 1.68. The van der Waals surface area contributed by atoms with Gasteiger partial charge in [-0.05, 0) is 5.53 Å². The molecule has 0 aliphatic rings. The van der Waals surface area contributed by atoms with E-state index in [0.29, 0.717) is 0 Å². The van der Waals surface area contributed by atoms with Crippen LogP contribution in [-0.4, -0.2) is 6.09 Å². The van der Waals surface area contributed by atoms with Crippen molar-refractivity contribution >= 4 is 6.09 Å². The summed E-state index contributed by atoms with van der Waals surface area (Å²) in [4.78, 5) is 11.0. The second-order valence-electron chi connectivity index (χ2n) is 0.455. The first-order chi connectivity index (χ1) is 2.77. The van der Waals surface area contributed by atoms with Crippen LogP contribution >= 0.6 is 0 Å². The molecule has 0 bridgehead atoms. The molecule has 5 heteroatoms. The Balaban J connectivity index is 3.60. The van der Waals surface area contributed by atoms with E-state index < -0.39 is 6.09 Å². The first kappa shape index (κ1) is 4.78. The summed E-state index contributed by atoms with van der Waals surface area (Å²) in [6.07, 6.45) is -1.75. The zero-order chi connectivity index (χ0) is 4.99. The molecule has 0 atom stereocenters. The first-order valence-corrected chi connectivity index (χ1v) is 1.03. The standard InChI is InChI=1S/CN3O2/c2-4-3-1(5)6. The number of azide groups is 1. The lowest BCUT2D eigenvalue weighted by atomic mass is 11.3. The van der Waals surface area contributed by atoms with Gasteiger partial charge in [-0.3, -0.25) is 0 Å². The molecule has 0 unspecified atom stereocenters. The maximum atomic E-state index is 9.07. The van der Waals surface area contributed by atoms with Crippen LogP contribution in [0, 0.1) is 0 Å². The zero-order valence-corrected chi connectivity index (χ0v) is 2.66. The molecule has 1 radical (unpaired) electrons. The summed E-state index contributed by atoms with van der Waals surface area (Å²) < 4.78 is 0. The van der Waals surface area contributed by atoms with Crippen LogP contribution < -0.4 is 0 Å². The maximum absolute atomic E-state index is 9.07. The average Bonchev–Trinajstić information content (AvgIpc) is 1.35. The van der Waals surface area contributed by atoms with Crippen LogP contribution in [-0.2, 0) is 5.11 Å². The van der Waals surface area contributed by atoms with Crippen LogP contribution in [0.2, 0.25) is 0 Å². The Morgan fingerprint density at radius 1 is 1.83 bits per heavy atom. The quantitative estimate of drug-likeness (QED) is 0.244. The van der Waals surface area contributed by atoms with E-state index in [1.165, 1.54) is 0 Å². The Bertz CT molecular complexity index is 101. The van der Waals surface area contributed by atoms with Crippen LogP contribution in [0.3, 0.4) is 0 Å². The third kappa shape index (κ3) is 2.78. The molecule has 0 saturated heterocycles. The molecule has 0 aliphatic heterocycles. The highest BCUT2D eigenvalue weighted by Gasteiger charge is 1.84. The van der Waals surface area contributed by atoms with Crippen molar-refractivity contribution in [2.75, 3.05) is 0 Å². The topological polar surface area (TPSA) is 85.7 Å². The van der Waals surface area contributed by atoms with E-state index in [0.717, 1.165) is 0 Å². The number of amides is 1. The van der Waals surface area contributed by atoms with Crippen molar-refractivity contribution in [1.29, 1.82) is 0 Å². The van der Waals surface area contributed by atoms with Crippen LogP contribution in [0.1, 0.15) is 0 Å². The van der Waals surface area contributed by atoms with Crippen LogP contribution in [0.15, 0.2) is 5.11 Å². The minimum absolute atomic E-state index is 1.75. The van der Waals surface area contributed by atoms with Crippen molar-refractivity contribution in [2.45, 2.75) is 0 Å². The summed E-state index contributed by atoms with van der Waals surface area (Å²) in [6.45, 7) is 0. The van der Waals surface area contributed by atoms with Crippen molar-refractivity contribution in [1.82, 2.24) is 0 Å². The lowest BCUT2D eigenvalue weighted by Crippen LogP contribution is -1.73. The van der Waals surface area contributed by atoms with Gasteiger partial charge in [0.2, 0.25) is 0 Å². The van der Waals surface area contributed by atoms with Gasteiger partial charge in [0.15, 0.2) is 0 Å². The zero-order valence-electron chi connectivity index (χ0n) is 2.66. The summed E-state index contributed by atoms with van der Waals surface area (Å²) in [5, 5.41) is 11.2. The Kier molecular flexibility index (Phi) is 1.63. The van der Waals surface area contributed by atoms with Gasteiger partial charge in [0.1, 0.15) is 0 Å². The van der Waals surface area contributed by atoms with Gasteiger partial charge in [-0.15, -0.1) is 0 Å². The molecule has 6 heavy (non-hydrogen) atoms. The molecule has 0 aliphatic carbocycles. The summed E-state index contributed by atoms with van der Waals surface area (Å²) in [7, 11) is 0. The maximum Gasteiger partial charge on any atom is 0.444 e. The molecule has 0 fully saturated rings. The van der Waals surface area contributed by atoms with E-state index in [1.54, 1.807) is 0 Å². The highest BCUT2D eigenvalue weighted by atomic mass is 16.4. The minimum Gasteiger partial charge on any atom is -0.240 e. The van der Waals surface area contributed by atoms with Crippen molar-refractivity contribution < 1.29 is 9.90 Å². The van der Waals surface area contributed by atoms with E-state index >= 15 is 0 Å². The number of nitrogens with zero attached hydrogens (tertiary/aromatic N) is 3. The van der Waals surface area contributed by atoms with Crippen molar-refractivity contribution in [3.63, 3.8) is 0 Å². The third-order valence-electron chi connectivity index (χ3n) is 0.126. The molecular weight excluding hydrogens is 86.0 g/mol. The average molecular weight is 86.0 g/mol. The van der Waals surface area contributed by atoms with E-state index in [-0.39, 0.29) is 0 Å². The Labute approximate surface area is 32.8 Å². The fourth-order valence-electron chi connectivity index (χ4n) is 0.0365. The van der Waals surface area contributed by atoms with Gasteiger partial charge in [-0.2, -0.15) is 0 Å². The van der Waals surface area contributed by atoms with Gasteiger partial charge in [-0.1, -0.05) is 0 Å². The monoisotopic (exact) mass is 86.0 g/mol. The predicted octanol–water partition coefficient (Wildman–Crippen LogP) is 0.847. The van der Waals surface area contributed by atoms with Gasteiger partial charge < -0.3 is 0 Å². The van der Waals surface area contributed by atoms with E-state index in [1.807, 2.05) is 4.91 Å². The molecule has 0 aromatic carbocycles. The number of carbonyl (C=O) groups is 1. The Morgan fingerprint density at radius 3 is 2.33 bits per heavy atom. The lowest BCUT2D eigenvalue weighted by molar-refractivity contribution is 0.180. The number of hydrogen-bond donors (Lipinski definition) is 0. The second-order valence-corrected chi connectivity index (χ2v) is 0.455. The molecule has 0 aromatic heterocycles. The fourth-order valence-corrected chi connectivity index (χ4v) is 0.0365. The van der Waals surface area contributed by atoms with Crippen LogP contribution in [0.25, 0.3) is 10.4 Å². The molecule has 1 amide bonds. The molecular formula is CN3O2. The van der Waals surface area contributed by atoms with Crippen LogP contribution in [0.5, 0.6) is 0 Å². The van der Waals surface area contributed by atoms with Gasteiger partial charge >= 0.3 is 6.09 Å².